The average molecular weight is 274 g/mol. The first-order valence-corrected chi connectivity index (χ1v) is 6.57. The van der Waals surface area contributed by atoms with Gasteiger partial charge in [-0.15, -0.1) is 5.10 Å². The molecule has 1 aliphatic heterocycles. The molecule has 1 atom stereocenters. The molecule has 1 saturated heterocycles. The number of hydrogen-bond donors (Lipinski definition) is 0. The molecule has 0 bridgehead atoms. The molecule has 2 rings (SSSR count). The van der Waals surface area contributed by atoms with E-state index in [1.54, 1.807) is 0 Å². The minimum Gasteiger partial charge on any atom is -0.378 e. The first-order chi connectivity index (χ1) is 7.38. The van der Waals surface area contributed by atoms with Crippen LogP contribution in [0.4, 0.5) is 0 Å². The lowest BCUT2D eigenvalue weighted by Crippen LogP contribution is -2.10. The second kappa shape index (κ2) is 5.61. The highest BCUT2D eigenvalue weighted by atomic mass is 79.9. The fourth-order valence-electron chi connectivity index (χ4n) is 1.81. The smallest absolute Gasteiger partial charge is 0.0835 e. The van der Waals surface area contributed by atoms with Crippen LogP contribution in [-0.2, 0) is 17.7 Å². The molecule has 0 aliphatic carbocycles. The van der Waals surface area contributed by atoms with Gasteiger partial charge in [0.2, 0.25) is 0 Å². The summed E-state index contributed by atoms with van der Waals surface area (Å²) >= 11 is 3.39. The Labute approximate surface area is 98.1 Å². The van der Waals surface area contributed by atoms with Crippen molar-refractivity contribution in [3.8, 4) is 0 Å². The van der Waals surface area contributed by atoms with Crippen molar-refractivity contribution in [1.82, 2.24) is 15.0 Å². The predicted octanol–water partition coefficient (Wildman–Crippen LogP) is 1.78. The maximum absolute atomic E-state index is 5.56. The van der Waals surface area contributed by atoms with Gasteiger partial charge in [-0.25, -0.2) is 0 Å². The molecular formula is C10H16BrN3O. The van der Waals surface area contributed by atoms with Crippen LogP contribution >= 0.6 is 15.9 Å². The molecule has 5 heteroatoms. The topological polar surface area (TPSA) is 39.9 Å². The Balaban J connectivity index is 1.77. The van der Waals surface area contributed by atoms with Crippen LogP contribution in [0.1, 0.15) is 25.0 Å². The third-order valence-corrected chi connectivity index (χ3v) is 3.04. The van der Waals surface area contributed by atoms with E-state index in [4.69, 9.17) is 4.74 Å². The fourth-order valence-corrected chi connectivity index (χ4v) is 2.21. The molecule has 0 spiro atoms. The van der Waals surface area contributed by atoms with E-state index >= 15 is 0 Å². The summed E-state index contributed by atoms with van der Waals surface area (Å²) in [6.45, 7) is 1.84. The van der Waals surface area contributed by atoms with Crippen LogP contribution in [0.3, 0.4) is 0 Å². The van der Waals surface area contributed by atoms with Gasteiger partial charge in [-0.05, 0) is 19.3 Å². The van der Waals surface area contributed by atoms with E-state index in [1.165, 1.54) is 12.8 Å². The quantitative estimate of drug-likeness (QED) is 0.768. The lowest BCUT2D eigenvalue weighted by atomic mass is 10.2. The summed E-state index contributed by atoms with van der Waals surface area (Å²) < 4.78 is 7.48. The molecule has 15 heavy (non-hydrogen) atoms. The molecule has 0 saturated carbocycles. The number of ether oxygens (including phenoxy) is 1. The zero-order valence-electron chi connectivity index (χ0n) is 8.73. The average Bonchev–Trinajstić information content (AvgIpc) is 2.85. The summed E-state index contributed by atoms with van der Waals surface area (Å²) in [6, 6.07) is 0. The number of aryl methyl sites for hydroxylation is 2. The van der Waals surface area contributed by atoms with Crippen molar-refractivity contribution in [3.63, 3.8) is 0 Å². The summed E-state index contributed by atoms with van der Waals surface area (Å²) in [6.07, 6.45) is 6.86. The van der Waals surface area contributed by atoms with Crippen LogP contribution in [0, 0.1) is 0 Å². The molecule has 0 aromatic carbocycles. The summed E-state index contributed by atoms with van der Waals surface area (Å²) in [7, 11) is 0. The van der Waals surface area contributed by atoms with Crippen molar-refractivity contribution in [1.29, 1.82) is 0 Å². The van der Waals surface area contributed by atoms with E-state index in [2.05, 4.69) is 26.2 Å². The molecule has 1 aromatic heterocycles. The van der Waals surface area contributed by atoms with Crippen molar-refractivity contribution < 1.29 is 4.74 Å². The van der Waals surface area contributed by atoms with Crippen molar-refractivity contribution >= 4 is 15.9 Å². The van der Waals surface area contributed by atoms with E-state index in [1.807, 2.05) is 10.9 Å². The molecule has 0 amide bonds. The molecule has 0 N–H and O–H groups in total. The Morgan fingerprint density at radius 3 is 3.27 bits per heavy atom. The molecule has 0 radical (unpaired) electrons. The number of nitrogens with zero attached hydrogens (tertiary/aromatic N) is 3. The Kier molecular flexibility index (Phi) is 4.14. The number of rotatable bonds is 5. The van der Waals surface area contributed by atoms with Gasteiger partial charge >= 0.3 is 0 Å². The second-order valence-electron chi connectivity index (χ2n) is 3.84. The maximum Gasteiger partial charge on any atom is 0.0835 e. The number of hydrogen-bond acceptors (Lipinski definition) is 3. The van der Waals surface area contributed by atoms with Gasteiger partial charge < -0.3 is 4.74 Å². The Morgan fingerprint density at radius 2 is 2.53 bits per heavy atom. The Morgan fingerprint density at radius 1 is 1.60 bits per heavy atom. The normalized spacial score (nSPS) is 21.0. The van der Waals surface area contributed by atoms with Crippen LogP contribution < -0.4 is 0 Å². The van der Waals surface area contributed by atoms with Crippen molar-refractivity contribution in [2.45, 2.75) is 38.3 Å². The number of halogens is 1. The van der Waals surface area contributed by atoms with Gasteiger partial charge in [0.15, 0.2) is 0 Å². The first-order valence-electron chi connectivity index (χ1n) is 5.45. The predicted molar refractivity (Wildman–Crippen MR) is 61.1 cm³/mol. The van der Waals surface area contributed by atoms with Gasteiger partial charge in [0.1, 0.15) is 0 Å². The standard InChI is InChI=1S/C10H16BrN3O/c11-5-3-9-8-14(13-12-9)6-4-10-2-1-7-15-10/h8,10H,1-7H2. The molecular weight excluding hydrogens is 258 g/mol. The fraction of sp³-hybridized carbons (Fsp3) is 0.800. The third-order valence-electron chi connectivity index (χ3n) is 2.64. The van der Waals surface area contributed by atoms with Crippen molar-refractivity contribution in [3.05, 3.63) is 11.9 Å². The summed E-state index contributed by atoms with van der Waals surface area (Å²) in [5.74, 6) is 0. The SMILES string of the molecule is BrCCc1cn(CCC2CCCO2)nn1. The molecule has 1 unspecified atom stereocenters. The van der Waals surface area contributed by atoms with E-state index in [9.17, 15) is 0 Å². The van der Waals surface area contributed by atoms with Gasteiger partial charge in [-0.1, -0.05) is 21.1 Å². The van der Waals surface area contributed by atoms with E-state index in [0.29, 0.717) is 6.10 Å². The minimum atomic E-state index is 0.439. The molecule has 1 aromatic rings. The van der Waals surface area contributed by atoms with Crippen LogP contribution in [-0.4, -0.2) is 33.0 Å². The maximum atomic E-state index is 5.56. The van der Waals surface area contributed by atoms with Crippen LogP contribution in [0.25, 0.3) is 0 Å². The van der Waals surface area contributed by atoms with Gasteiger partial charge in [-0.2, -0.15) is 0 Å². The van der Waals surface area contributed by atoms with E-state index < -0.39 is 0 Å². The zero-order chi connectivity index (χ0) is 10.5. The first kappa shape index (κ1) is 11.1. The Bertz CT molecular complexity index is 297. The molecule has 2 heterocycles. The number of alkyl halides is 1. The van der Waals surface area contributed by atoms with Crippen LogP contribution in [0.2, 0.25) is 0 Å². The number of aromatic nitrogens is 3. The van der Waals surface area contributed by atoms with Crippen LogP contribution in [0.15, 0.2) is 6.20 Å². The van der Waals surface area contributed by atoms with E-state index in [-0.39, 0.29) is 0 Å². The summed E-state index contributed by atoms with van der Waals surface area (Å²) in [4.78, 5) is 0. The van der Waals surface area contributed by atoms with Gasteiger partial charge in [0, 0.05) is 31.1 Å². The van der Waals surface area contributed by atoms with Gasteiger partial charge in [-0.3, -0.25) is 4.68 Å². The summed E-state index contributed by atoms with van der Waals surface area (Å²) in [5.41, 5.74) is 1.05. The molecule has 4 nitrogen and oxygen atoms in total. The largest absolute Gasteiger partial charge is 0.378 e. The highest BCUT2D eigenvalue weighted by molar-refractivity contribution is 9.09. The Hall–Kier alpha value is -0.420. The molecule has 1 fully saturated rings. The molecule has 84 valence electrons. The third kappa shape index (κ3) is 3.28. The van der Waals surface area contributed by atoms with Crippen molar-refractivity contribution in [2.75, 3.05) is 11.9 Å². The lowest BCUT2D eigenvalue weighted by molar-refractivity contribution is 0.0993. The van der Waals surface area contributed by atoms with Crippen molar-refractivity contribution in [2.24, 2.45) is 0 Å². The molecule has 1 aliphatic rings. The zero-order valence-corrected chi connectivity index (χ0v) is 10.3. The minimum absolute atomic E-state index is 0.439. The van der Waals surface area contributed by atoms with Crippen LogP contribution in [0.5, 0.6) is 0 Å². The highest BCUT2D eigenvalue weighted by Gasteiger charge is 2.15. The van der Waals surface area contributed by atoms with Gasteiger partial charge in [0.05, 0.1) is 11.8 Å². The highest BCUT2D eigenvalue weighted by Crippen LogP contribution is 2.15. The second-order valence-corrected chi connectivity index (χ2v) is 4.63. The van der Waals surface area contributed by atoms with E-state index in [0.717, 1.165) is 37.0 Å². The lowest BCUT2D eigenvalue weighted by Gasteiger charge is -2.07. The monoisotopic (exact) mass is 273 g/mol. The van der Waals surface area contributed by atoms with Gasteiger partial charge in [0.25, 0.3) is 0 Å². The summed E-state index contributed by atoms with van der Waals surface area (Å²) in [5, 5.41) is 9.12.